The number of hydrogen-bond acceptors (Lipinski definition) is 3. The average Bonchev–Trinajstić information content (AvgIpc) is 2.83. The van der Waals surface area contributed by atoms with E-state index < -0.39 is 0 Å². The standard InChI is InChI=1S/C14H19NO2S/c1-3-10(2)8-14(16)15-18-12-4-5-13-11(9-12)6-7-17-13/h4-5,9-10H,3,6-8H2,1-2H3,(H,15,16). The maximum absolute atomic E-state index is 11.7. The molecule has 1 unspecified atom stereocenters. The van der Waals surface area contributed by atoms with Crippen LogP contribution < -0.4 is 9.46 Å². The van der Waals surface area contributed by atoms with Crippen molar-refractivity contribution >= 4 is 17.9 Å². The van der Waals surface area contributed by atoms with Crippen LogP contribution in [0.5, 0.6) is 5.75 Å². The van der Waals surface area contributed by atoms with Gasteiger partial charge in [0.05, 0.1) is 6.61 Å². The number of carbonyl (C=O) groups excluding carboxylic acids is 1. The van der Waals surface area contributed by atoms with Crippen molar-refractivity contribution in [3.05, 3.63) is 23.8 Å². The third-order valence-electron chi connectivity index (χ3n) is 3.17. The Labute approximate surface area is 112 Å². The lowest BCUT2D eigenvalue weighted by Crippen LogP contribution is -2.18. The van der Waals surface area contributed by atoms with Crippen LogP contribution in [0, 0.1) is 5.92 Å². The number of ether oxygens (including phenoxy) is 1. The number of rotatable bonds is 5. The molecule has 0 saturated carbocycles. The van der Waals surface area contributed by atoms with E-state index in [1.165, 1.54) is 17.5 Å². The number of carbonyl (C=O) groups is 1. The van der Waals surface area contributed by atoms with Crippen LogP contribution in [0.15, 0.2) is 23.1 Å². The molecule has 0 saturated heterocycles. The number of amides is 1. The first-order valence-electron chi connectivity index (χ1n) is 6.40. The molecular formula is C14H19NO2S. The Kier molecular flexibility index (Phi) is 4.53. The van der Waals surface area contributed by atoms with Crippen molar-refractivity contribution in [2.24, 2.45) is 5.92 Å². The van der Waals surface area contributed by atoms with E-state index in [4.69, 9.17) is 4.74 Å². The summed E-state index contributed by atoms with van der Waals surface area (Å²) in [6, 6.07) is 6.06. The highest BCUT2D eigenvalue weighted by atomic mass is 32.2. The fourth-order valence-corrected chi connectivity index (χ4v) is 2.50. The molecular weight excluding hydrogens is 246 g/mol. The second-order valence-electron chi connectivity index (χ2n) is 4.71. The molecule has 0 spiro atoms. The Morgan fingerprint density at radius 3 is 3.17 bits per heavy atom. The molecule has 98 valence electrons. The molecule has 1 atom stereocenters. The molecule has 1 aromatic carbocycles. The number of nitrogens with one attached hydrogen (secondary N) is 1. The van der Waals surface area contributed by atoms with Gasteiger partial charge in [-0.3, -0.25) is 9.52 Å². The summed E-state index contributed by atoms with van der Waals surface area (Å²) in [5.74, 6) is 1.52. The lowest BCUT2D eigenvalue weighted by atomic mass is 10.1. The molecule has 1 amide bonds. The molecule has 2 rings (SSSR count). The zero-order valence-corrected chi connectivity index (χ0v) is 11.7. The minimum Gasteiger partial charge on any atom is -0.493 e. The highest BCUT2D eigenvalue weighted by Crippen LogP contribution is 2.29. The summed E-state index contributed by atoms with van der Waals surface area (Å²) in [4.78, 5) is 12.7. The molecule has 18 heavy (non-hydrogen) atoms. The largest absolute Gasteiger partial charge is 0.493 e. The summed E-state index contributed by atoms with van der Waals surface area (Å²) in [5.41, 5.74) is 1.23. The Balaban J connectivity index is 1.85. The van der Waals surface area contributed by atoms with Crippen molar-refractivity contribution in [1.29, 1.82) is 0 Å². The van der Waals surface area contributed by atoms with Crippen LogP contribution >= 0.6 is 11.9 Å². The Bertz CT molecular complexity index is 434. The zero-order chi connectivity index (χ0) is 13.0. The molecule has 1 heterocycles. The Hall–Kier alpha value is -1.16. The topological polar surface area (TPSA) is 38.3 Å². The number of hydrogen-bond donors (Lipinski definition) is 1. The first-order chi connectivity index (χ1) is 8.69. The van der Waals surface area contributed by atoms with Crippen molar-refractivity contribution in [2.45, 2.75) is 38.0 Å². The Morgan fingerprint density at radius 2 is 2.39 bits per heavy atom. The van der Waals surface area contributed by atoms with Gasteiger partial charge in [-0.2, -0.15) is 0 Å². The van der Waals surface area contributed by atoms with Crippen molar-refractivity contribution in [3.63, 3.8) is 0 Å². The minimum atomic E-state index is 0.103. The molecule has 0 aromatic heterocycles. The fraction of sp³-hybridized carbons (Fsp3) is 0.500. The van der Waals surface area contributed by atoms with E-state index in [0.29, 0.717) is 12.3 Å². The van der Waals surface area contributed by atoms with E-state index in [1.807, 2.05) is 12.1 Å². The quantitative estimate of drug-likeness (QED) is 0.831. The molecule has 0 aliphatic carbocycles. The van der Waals surface area contributed by atoms with Crippen LogP contribution in [0.25, 0.3) is 0 Å². The first kappa shape index (κ1) is 13.3. The monoisotopic (exact) mass is 265 g/mol. The summed E-state index contributed by atoms with van der Waals surface area (Å²) in [5, 5.41) is 0. The highest BCUT2D eigenvalue weighted by Gasteiger charge is 2.13. The molecule has 3 nitrogen and oxygen atoms in total. The van der Waals surface area contributed by atoms with Crippen LogP contribution in [-0.2, 0) is 11.2 Å². The van der Waals surface area contributed by atoms with Gasteiger partial charge in [0.15, 0.2) is 0 Å². The summed E-state index contributed by atoms with van der Waals surface area (Å²) in [6.45, 7) is 4.96. The van der Waals surface area contributed by atoms with E-state index >= 15 is 0 Å². The van der Waals surface area contributed by atoms with E-state index in [2.05, 4.69) is 24.6 Å². The molecule has 1 aromatic rings. The predicted octanol–water partition coefficient (Wildman–Crippen LogP) is 3.18. The van der Waals surface area contributed by atoms with Gasteiger partial charge in [-0.15, -0.1) is 0 Å². The van der Waals surface area contributed by atoms with Crippen LogP contribution in [0.1, 0.15) is 32.3 Å². The van der Waals surface area contributed by atoms with Gasteiger partial charge in [-0.05, 0) is 41.6 Å². The van der Waals surface area contributed by atoms with E-state index in [1.54, 1.807) is 0 Å². The molecule has 1 aliphatic rings. The molecule has 1 aliphatic heterocycles. The smallest absolute Gasteiger partial charge is 0.230 e. The fourth-order valence-electron chi connectivity index (χ4n) is 1.84. The maximum atomic E-state index is 11.7. The van der Waals surface area contributed by atoms with Gasteiger partial charge < -0.3 is 4.74 Å². The molecule has 0 bridgehead atoms. The average molecular weight is 265 g/mol. The summed E-state index contributed by atoms with van der Waals surface area (Å²) in [7, 11) is 0. The second kappa shape index (κ2) is 6.14. The van der Waals surface area contributed by atoms with Crippen molar-refractivity contribution in [3.8, 4) is 5.75 Å². The summed E-state index contributed by atoms with van der Waals surface area (Å²) < 4.78 is 8.34. The van der Waals surface area contributed by atoms with Crippen LogP contribution in [0.4, 0.5) is 0 Å². The first-order valence-corrected chi connectivity index (χ1v) is 7.22. The van der Waals surface area contributed by atoms with Crippen molar-refractivity contribution in [1.82, 2.24) is 4.72 Å². The maximum Gasteiger partial charge on any atom is 0.230 e. The zero-order valence-electron chi connectivity index (χ0n) is 10.9. The van der Waals surface area contributed by atoms with Gasteiger partial charge in [0.25, 0.3) is 0 Å². The SMILES string of the molecule is CCC(C)CC(=O)NSc1ccc2c(c1)CCO2. The van der Waals surface area contributed by atoms with Gasteiger partial charge in [-0.25, -0.2) is 0 Å². The van der Waals surface area contributed by atoms with Crippen LogP contribution in [0.2, 0.25) is 0 Å². The third-order valence-corrected chi connectivity index (χ3v) is 3.99. The lowest BCUT2D eigenvalue weighted by Gasteiger charge is -2.09. The van der Waals surface area contributed by atoms with Gasteiger partial charge in [0.2, 0.25) is 5.91 Å². The van der Waals surface area contributed by atoms with E-state index in [-0.39, 0.29) is 5.91 Å². The lowest BCUT2D eigenvalue weighted by molar-refractivity contribution is -0.120. The summed E-state index contributed by atoms with van der Waals surface area (Å²) in [6.07, 6.45) is 2.59. The second-order valence-corrected chi connectivity index (χ2v) is 5.59. The number of benzene rings is 1. The number of fused-ring (bicyclic) bond motifs is 1. The van der Waals surface area contributed by atoms with Crippen molar-refractivity contribution in [2.75, 3.05) is 6.61 Å². The van der Waals surface area contributed by atoms with Crippen molar-refractivity contribution < 1.29 is 9.53 Å². The van der Waals surface area contributed by atoms with Crippen LogP contribution in [0.3, 0.4) is 0 Å². The van der Waals surface area contributed by atoms with Gasteiger partial charge in [0.1, 0.15) is 5.75 Å². The van der Waals surface area contributed by atoms with Gasteiger partial charge >= 0.3 is 0 Å². The summed E-state index contributed by atoms with van der Waals surface area (Å²) >= 11 is 1.39. The Morgan fingerprint density at radius 1 is 1.56 bits per heavy atom. The predicted molar refractivity (Wildman–Crippen MR) is 73.7 cm³/mol. The molecule has 0 fully saturated rings. The molecule has 4 heteroatoms. The van der Waals surface area contributed by atoms with Gasteiger partial charge in [-0.1, -0.05) is 20.3 Å². The minimum absolute atomic E-state index is 0.103. The normalized spacial score (nSPS) is 14.8. The van der Waals surface area contributed by atoms with E-state index in [9.17, 15) is 4.79 Å². The van der Waals surface area contributed by atoms with E-state index in [0.717, 1.165) is 30.1 Å². The molecule has 0 radical (unpaired) electrons. The van der Waals surface area contributed by atoms with Gasteiger partial charge in [0, 0.05) is 17.7 Å². The highest BCUT2D eigenvalue weighted by molar-refractivity contribution is 7.98. The van der Waals surface area contributed by atoms with Crippen LogP contribution in [-0.4, -0.2) is 12.5 Å². The molecule has 1 N–H and O–H groups in total. The third kappa shape index (κ3) is 3.42.